The maximum Gasteiger partial charge on any atom is 0.136 e. The highest BCUT2D eigenvalue weighted by Crippen LogP contribution is 2.60. The van der Waals surface area contributed by atoms with Crippen LogP contribution in [0.3, 0.4) is 0 Å². The predicted molar refractivity (Wildman–Crippen MR) is 287 cm³/mol. The van der Waals surface area contributed by atoms with Gasteiger partial charge in [-0.25, -0.2) is 0 Å². The van der Waals surface area contributed by atoms with E-state index in [0.29, 0.717) is 0 Å². The van der Waals surface area contributed by atoms with Crippen LogP contribution in [-0.4, -0.2) is 0 Å². The molecule has 11 aromatic carbocycles. The highest BCUT2D eigenvalue weighted by Gasteiger charge is 2.47. The van der Waals surface area contributed by atoms with Gasteiger partial charge < -0.3 is 9.32 Å². The number of anilines is 3. The molecule has 1 heterocycles. The fourth-order valence-electron chi connectivity index (χ4n) is 11.3. The summed E-state index contributed by atoms with van der Waals surface area (Å²) in [4.78, 5) is 2.53. The molecule has 0 atom stereocenters. The van der Waals surface area contributed by atoms with Gasteiger partial charge in [0.15, 0.2) is 0 Å². The molecule has 0 unspecified atom stereocenters. The molecule has 0 bridgehead atoms. The molecule has 1 aliphatic rings. The molecule has 12 aromatic rings. The molecule has 0 spiro atoms. The minimum atomic E-state index is -0.569. The van der Waals surface area contributed by atoms with Crippen LogP contribution in [0.4, 0.5) is 17.1 Å². The predicted octanol–water partition coefficient (Wildman–Crippen LogP) is 18.1. The zero-order chi connectivity index (χ0) is 45.7. The summed E-state index contributed by atoms with van der Waals surface area (Å²) in [6, 6.07) is 99.5. The van der Waals surface area contributed by atoms with E-state index in [0.717, 1.165) is 72.4 Å². The molecule has 0 radical (unpaired) electrons. The van der Waals surface area contributed by atoms with Gasteiger partial charge in [-0.2, -0.15) is 0 Å². The summed E-state index contributed by atoms with van der Waals surface area (Å²) in [6.45, 7) is 0. The van der Waals surface area contributed by atoms with E-state index in [1.807, 2.05) is 6.07 Å². The quantitative estimate of drug-likeness (QED) is 0.144. The topological polar surface area (TPSA) is 16.4 Å². The zero-order valence-electron chi connectivity index (χ0n) is 37.8. The van der Waals surface area contributed by atoms with Crippen LogP contribution in [0.5, 0.6) is 0 Å². The highest BCUT2D eigenvalue weighted by atomic mass is 16.3. The first kappa shape index (κ1) is 40.3. The van der Waals surface area contributed by atoms with Crippen LogP contribution in [0.1, 0.15) is 22.3 Å². The second kappa shape index (κ2) is 16.7. The smallest absolute Gasteiger partial charge is 0.136 e. The molecule has 2 nitrogen and oxygen atoms in total. The van der Waals surface area contributed by atoms with Crippen LogP contribution in [0, 0.1) is 0 Å². The Kier molecular flexibility index (Phi) is 9.77. The summed E-state index contributed by atoms with van der Waals surface area (Å²) in [7, 11) is 0. The Morgan fingerprint density at radius 1 is 0.290 bits per heavy atom. The Labute approximate surface area is 402 Å². The molecule has 0 aliphatic heterocycles. The fraction of sp³-hybridized carbons (Fsp3) is 0.0149. The van der Waals surface area contributed by atoms with Gasteiger partial charge in [-0.15, -0.1) is 0 Å². The van der Waals surface area contributed by atoms with Crippen molar-refractivity contribution < 1.29 is 4.42 Å². The molecule has 69 heavy (non-hydrogen) atoms. The minimum Gasteiger partial charge on any atom is -0.456 e. The summed E-state index contributed by atoms with van der Waals surface area (Å²) in [5, 5.41) is 2.25. The number of fused-ring (bicyclic) bond motifs is 6. The van der Waals surface area contributed by atoms with Crippen molar-refractivity contribution in [2.75, 3.05) is 4.90 Å². The summed E-state index contributed by atoms with van der Waals surface area (Å²) in [5.74, 6) is 0. The Hall–Kier alpha value is -8.98. The highest BCUT2D eigenvalue weighted by molar-refractivity contribution is 6.12. The van der Waals surface area contributed by atoms with Gasteiger partial charge in [0, 0.05) is 27.6 Å². The van der Waals surface area contributed by atoms with E-state index < -0.39 is 5.41 Å². The van der Waals surface area contributed by atoms with Crippen LogP contribution in [0.2, 0.25) is 0 Å². The van der Waals surface area contributed by atoms with Crippen molar-refractivity contribution in [3.8, 4) is 55.6 Å². The van der Waals surface area contributed by atoms with Crippen molar-refractivity contribution in [3.05, 3.63) is 295 Å². The maximum absolute atomic E-state index is 6.38. The van der Waals surface area contributed by atoms with Crippen molar-refractivity contribution in [3.63, 3.8) is 0 Å². The number of rotatable bonds is 9. The SMILES string of the molecule is c1ccc(-c2ccccc2-c2c(-c3ccccc3)cccc2N(c2ccc(-c3cccc4oc5ccccc5c34)cc2)c2cccc3c2-c2ccccc2C3(c2ccccc2)c2ccccc2)cc1. The Morgan fingerprint density at radius 3 is 1.45 bits per heavy atom. The van der Waals surface area contributed by atoms with Gasteiger partial charge in [-0.05, 0) is 103 Å². The molecule has 1 aliphatic carbocycles. The summed E-state index contributed by atoms with van der Waals surface area (Å²) in [5.41, 5.74) is 21.1. The molecular weight excluding hydrogens is 835 g/mol. The molecule has 324 valence electrons. The third kappa shape index (κ3) is 6.48. The lowest BCUT2D eigenvalue weighted by molar-refractivity contribution is 0.669. The first-order valence-electron chi connectivity index (χ1n) is 23.8. The van der Waals surface area contributed by atoms with Gasteiger partial charge in [0.05, 0.1) is 16.8 Å². The summed E-state index contributed by atoms with van der Waals surface area (Å²) in [6.07, 6.45) is 0. The van der Waals surface area contributed by atoms with Crippen molar-refractivity contribution >= 4 is 39.0 Å². The number of benzene rings is 11. The van der Waals surface area contributed by atoms with Crippen LogP contribution < -0.4 is 4.90 Å². The lowest BCUT2D eigenvalue weighted by Gasteiger charge is -2.35. The van der Waals surface area contributed by atoms with Crippen LogP contribution in [0.15, 0.2) is 277 Å². The number of hydrogen-bond acceptors (Lipinski definition) is 2. The van der Waals surface area contributed by atoms with Crippen molar-refractivity contribution in [1.82, 2.24) is 0 Å². The minimum absolute atomic E-state index is 0.569. The number of hydrogen-bond donors (Lipinski definition) is 0. The molecule has 2 heteroatoms. The average Bonchev–Trinajstić information content (AvgIpc) is 3.97. The van der Waals surface area contributed by atoms with E-state index in [4.69, 9.17) is 4.42 Å². The number of nitrogens with zero attached hydrogens (tertiary/aromatic N) is 1. The standard InChI is InChI=1S/C67H45NO/c1-5-22-46(23-6-1)52-30-13-14-31-55(52)64-53(47-24-7-2-8-25-47)34-19-38-60(64)68(51-44-42-48(43-45-51)54-35-20-41-63-65(54)57-33-16-18-40-62(57)69-63)61-39-21-37-59-66(61)56-32-15-17-36-58(56)67(59,49-26-9-3-10-27-49)50-28-11-4-12-29-50/h1-45H. The van der Waals surface area contributed by atoms with E-state index in [1.165, 1.54) is 44.5 Å². The lowest BCUT2D eigenvalue weighted by Crippen LogP contribution is -2.28. The largest absolute Gasteiger partial charge is 0.456 e. The van der Waals surface area contributed by atoms with Crippen molar-refractivity contribution in [2.45, 2.75) is 5.41 Å². The normalized spacial score (nSPS) is 12.5. The third-order valence-electron chi connectivity index (χ3n) is 14.2. The van der Waals surface area contributed by atoms with Gasteiger partial charge in [0.2, 0.25) is 0 Å². The van der Waals surface area contributed by atoms with Gasteiger partial charge in [0.25, 0.3) is 0 Å². The van der Waals surface area contributed by atoms with Gasteiger partial charge >= 0.3 is 0 Å². The lowest BCUT2D eigenvalue weighted by atomic mass is 9.68. The van der Waals surface area contributed by atoms with E-state index >= 15 is 0 Å². The van der Waals surface area contributed by atoms with E-state index in [1.54, 1.807) is 0 Å². The Morgan fingerprint density at radius 2 is 0.754 bits per heavy atom. The molecule has 13 rings (SSSR count). The third-order valence-corrected chi connectivity index (χ3v) is 14.2. The van der Waals surface area contributed by atoms with E-state index in [2.05, 4.69) is 272 Å². The molecule has 1 aromatic heterocycles. The molecule has 0 amide bonds. The van der Waals surface area contributed by atoms with Crippen LogP contribution in [-0.2, 0) is 5.41 Å². The molecule has 0 saturated carbocycles. The number of furan rings is 1. The van der Waals surface area contributed by atoms with E-state index in [9.17, 15) is 0 Å². The van der Waals surface area contributed by atoms with Crippen molar-refractivity contribution in [1.29, 1.82) is 0 Å². The van der Waals surface area contributed by atoms with E-state index in [-0.39, 0.29) is 0 Å². The maximum atomic E-state index is 6.38. The second-order valence-corrected chi connectivity index (χ2v) is 17.9. The number of para-hydroxylation sites is 1. The van der Waals surface area contributed by atoms with Crippen LogP contribution >= 0.6 is 0 Å². The molecule has 0 fully saturated rings. The average molecular weight is 880 g/mol. The van der Waals surface area contributed by atoms with Gasteiger partial charge in [-0.3, -0.25) is 0 Å². The van der Waals surface area contributed by atoms with Crippen LogP contribution in [0.25, 0.3) is 77.6 Å². The first-order valence-corrected chi connectivity index (χ1v) is 23.8. The summed E-state index contributed by atoms with van der Waals surface area (Å²) >= 11 is 0. The first-order chi connectivity index (χ1) is 34.3. The molecule has 0 saturated heterocycles. The molecular formula is C67H45NO. The Balaban J connectivity index is 1.12. The van der Waals surface area contributed by atoms with Gasteiger partial charge in [-0.1, -0.05) is 237 Å². The van der Waals surface area contributed by atoms with Gasteiger partial charge in [0.1, 0.15) is 11.2 Å². The summed E-state index contributed by atoms with van der Waals surface area (Å²) < 4.78 is 6.38. The fourth-order valence-corrected chi connectivity index (χ4v) is 11.3. The second-order valence-electron chi connectivity index (χ2n) is 17.9. The Bertz CT molecular complexity index is 3780. The monoisotopic (exact) mass is 879 g/mol. The zero-order valence-corrected chi connectivity index (χ0v) is 37.8. The van der Waals surface area contributed by atoms with Crippen molar-refractivity contribution in [2.24, 2.45) is 0 Å². The molecule has 0 N–H and O–H groups in total.